The van der Waals surface area contributed by atoms with Crippen molar-refractivity contribution in [2.45, 2.75) is 51.7 Å². The summed E-state index contributed by atoms with van der Waals surface area (Å²) in [5, 5.41) is 25.1. The van der Waals surface area contributed by atoms with Crippen LogP contribution in [-0.2, 0) is 0 Å². The Morgan fingerprint density at radius 3 is 1.67 bits per heavy atom. The molecule has 55 heavy (non-hydrogen) atoms. The average Bonchev–Trinajstić information content (AvgIpc) is 3.99. The van der Waals surface area contributed by atoms with Gasteiger partial charge in [-0.1, -0.05) is 11.6 Å². The molecule has 1 aliphatic rings. The first-order valence-electron chi connectivity index (χ1n) is 17.8. The van der Waals surface area contributed by atoms with E-state index in [-0.39, 0.29) is 6.10 Å². The Morgan fingerprint density at radius 2 is 1.16 bits per heavy atom. The fourth-order valence-corrected chi connectivity index (χ4v) is 9.69. The maximum absolute atomic E-state index is 9.74. The fourth-order valence-electron chi connectivity index (χ4n) is 7.24. The van der Waals surface area contributed by atoms with Crippen LogP contribution < -0.4 is 24.3 Å². The molecule has 0 unspecified atom stereocenters. The second kappa shape index (κ2) is 15.2. The number of aliphatic hydroxyl groups excluding tert-OH is 1. The van der Waals surface area contributed by atoms with Gasteiger partial charge in [0.1, 0.15) is 22.4 Å². The summed E-state index contributed by atoms with van der Waals surface area (Å²) < 4.78 is 28.1. The van der Waals surface area contributed by atoms with Crippen LogP contribution in [0.25, 0.3) is 52.6 Å². The average molecular weight is 798 g/mol. The maximum Gasteiger partial charge on any atom is 0.178 e. The zero-order chi connectivity index (χ0) is 38.4. The minimum atomic E-state index is -0.166. The number of imidazole rings is 2. The van der Waals surface area contributed by atoms with Crippen LogP contribution in [0, 0.1) is 13.8 Å². The van der Waals surface area contributed by atoms with Gasteiger partial charge in [-0.05, 0) is 110 Å². The molecule has 0 amide bonds. The molecule has 8 aromatic rings. The molecule has 284 valence electrons. The molecular formula is C40H40ClN7O5S2. The van der Waals surface area contributed by atoms with Crippen molar-refractivity contribution in [1.29, 1.82) is 0 Å². The van der Waals surface area contributed by atoms with Crippen molar-refractivity contribution in [3.05, 3.63) is 77.2 Å². The first kappa shape index (κ1) is 36.8. The van der Waals surface area contributed by atoms with Gasteiger partial charge in [0.05, 0.1) is 66.1 Å². The van der Waals surface area contributed by atoms with E-state index in [1.54, 1.807) is 67.9 Å². The highest BCUT2D eigenvalue weighted by Crippen LogP contribution is 2.46. The van der Waals surface area contributed by atoms with Gasteiger partial charge < -0.3 is 29.4 Å². The third-order valence-electron chi connectivity index (χ3n) is 9.87. The lowest BCUT2D eigenvalue weighted by Crippen LogP contribution is -2.28. The Morgan fingerprint density at radius 1 is 0.673 bits per heavy atom. The maximum atomic E-state index is 9.74. The van der Waals surface area contributed by atoms with Gasteiger partial charge in [0.25, 0.3) is 0 Å². The van der Waals surface area contributed by atoms with Gasteiger partial charge >= 0.3 is 0 Å². The SMILES string of the molecule is COc1c(C)cc2cc(-c3cnc4ccc(Cl)nn34)sc2c1OC.COc1c(C)cc2cc(-c3cnc4ccc(NC5CCC(O)CC5)nn34)sc2c1OC. The summed E-state index contributed by atoms with van der Waals surface area (Å²) in [6, 6.07) is 16.4. The minimum Gasteiger partial charge on any atom is -0.493 e. The molecular weight excluding hydrogens is 758 g/mol. The number of thiophene rings is 2. The van der Waals surface area contributed by atoms with Crippen LogP contribution in [0.4, 0.5) is 5.82 Å². The Hall–Kier alpha value is -5.15. The van der Waals surface area contributed by atoms with Crippen LogP contribution in [0.15, 0.2) is 60.9 Å². The zero-order valence-electron chi connectivity index (χ0n) is 31.2. The highest BCUT2D eigenvalue weighted by Gasteiger charge is 2.22. The van der Waals surface area contributed by atoms with Crippen LogP contribution in [0.1, 0.15) is 36.8 Å². The minimum absolute atomic E-state index is 0.166. The van der Waals surface area contributed by atoms with Gasteiger partial charge in [-0.3, -0.25) is 0 Å². The number of hydrogen-bond acceptors (Lipinski definition) is 12. The van der Waals surface area contributed by atoms with Gasteiger partial charge in [-0.2, -0.15) is 5.10 Å². The van der Waals surface area contributed by atoms with Crippen molar-refractivity contribution in [3.63, 3.8) is 0 Å². The molecule has 0 saturated heterocycles. The predicted molar refractivity (Wildman–Crippen MR) is 220 cm³/mol. The van der Waals surface area contributed by atoms with E-state index in [1.165, 1.54) is 0 Å². The van der Waals surface area contributed by atoms with Gasteiger partial charge in [0.2, 0.25) is 0 Å². The highest BCUT2D eigenvalue weighted by atomic mass is 35.5. The lowest BCUT2D eigenvalue weighted by Gasteiger charge is -2.26. The van der Waals surface area contributed by atoms with Crippen molar-refractivity contribution in [2.75, 3.05) is 33.8 Å². The molecule has 1 aliphatic carbocycles. The summed E-state index contributed by atoms with van der Waals surface area (Å²) in [5.41, 5.74) is 5.47. The number of ether oxygens (including phenoxy) is 4. The number of aliphatic hydroxyl groups is 1. The molecule has 0 spiro atoms. The van der Waals surface area contributed by atoms with E-state index >= 15 is 0 Å². The number of fused-ring (bicyclic) bond motifs is 4. The number of nitrogens with zero attached hydrogens (tertiary/aromatic N) is 6. The number of anilines is 1. The number of methoxy groups -OCH3 is 4. The molecule has 2 aromatic carbocycles. The van der Waals surface area contributed by atoms with Gasteiger partial charge in [-0.25, -0.2) is 19.0 Å². The summed E-state index contributed by atoms with van der Waals surface area (Å²) in [6.45, 7) is 4.03. The molecule has 0 bridgehead atoms. The lowest BCUT2D eigenvalue weighted by atomic mass is 9.93. The van der Waals surface area contributed by atoms with E-state index in [4.69, 9.17) is 35.6 Å². The van der Waals surface area contributed by atoms with E-state index in [9.17, 15) is 5.11 Å². The topological polar surface area (TPSA) is 130 Å². The quantitative estimate of drug-likeness (QED) is 0.154. The third kappa shape index (κ3) is 6.88. The second-order valence-corrected chi connectivity index (χ2v) is 15.9. The van der Waals surface area contributed by atoms with E-state index in [2.05, 4.69) is 44.6 Å². The largest absolute Gasteiger partial charge is 0.493 e. The Kier molecular flexibility index (Phi) is 10.2. The summed E-state index contributed by atoms with van der Waals surface area (Å²) in [6.07, 6.45) is 7.08. The summed E-state index contributed by atoms with van der Waals surface area (Å²) in [4.78, 5) is 11.0. The molecule has 6 aromatic heterocycles. The monoisotopic (exact) mass is 797 g/mol. The van der Waals surface area contributed by atoms with E-state index in [0.29, 0.717) is 11.2 Å². The van der Waals surface area contributed by atoms with Crippen molar-refractivity contribution in [1.82, 2.24) is 29.2 Å². The first-order valence-corrected chi connectivity index (χ1v) is 19.8. The number of hydrogen-bond donors (Lipinski definition) is 2. The summed E-state index contributed by atoms with van der Waals surface area (Å²) in [5.74, 6) is 3.87. The van der Waals surface area contributed by atoms with Crippen molar-refractivity contribution in [2.24, 2.45) is 0 Å². The number of aromatic nitrogens is 6. The summed E-state index contributed by atoms with van der Waals surface area (Å²) >= 11 is 9.29. The van der Waals surface area contributed by atoms with Gasteiger partial charge in [-0.15, -0.1) is 27.8 Å². The van der Waals surface area contributed by atoms with Gasteiger partial charge in [0.15, 0.2) is 34.3 Å². The van der Waals surface area contributed by atoms with Crippen molar-refractivity contribution < 1.29 is 24.1 Å². The smallest absolute Gasteiger partial charge is 0.178 e. The van der Waals surface area contributed by atoms with E-state index < -0.39 is 0 Å². The number of nitrogens with one attached hydrogen (secondary N) is 1. The number of rotatable bonds is 8. The number of aryl methyl sites for hydroxylation is 2. The van der Waals surface area contributed by atoms with Crippen LogP contribution in [0.3, 0.4) is 0 Å². The van der Waals surface area contributed by atoms with E-state index in [0.717, 1.165) is 118 Å². The van der Waals surface area contributed by atoms with Crippen LogP contribution in [0.5, 0.6) is 23.0 Å². The molecule has 6 heterocycles. The summed E-state index contributed by atoms with van der Waals surface area (Å²) in [7, 11) is 6.66. The third-order valence-corrected chi connectivity index (χ3v) is 12.4. The fraction of sp³-hybridized carbons (Fsp3) is 0.300. The Bertz CT molecular complexity index is 2680. The van der Waals surface area contributed by atoms with Crippen molar-refractivity contribution in [3.8, 4) is 44.1 Å². The molecule has 1 fully saturated rings. The standard InChI is InChI=1S/C23H26N4O3S.C17H14ClN3O2S/c1-13-10-14-11-18(31-23(14)22(30-3)21(13)29-2)17-12-24-20-9-8-19(26-27(17)20)25-15-4-6-16(28)7-5-15;1-9-6-10-7-12(24-17(10)16(23-3)15(9)22-2)11-8-19-14-5-4-13(18)20-21(11)14/h8-12,15-16,28H,4-7H2,1-3H3,(H,25,26);4-8H,1-3H3. The molecule has 0 atom stereocenters. The number of benzene rings is 2. The Balaban J connectivity index is 0.000000160. The molecule has 12 nitrogen and oxygen atoms in total. The number of halogens is 1. The van der Waals surface area contributed by atoms with Crippen LogP contribution >= 0.6 is 34.3 Å². The first-order chi connectivity index (χ1) is 26.7. The molecule has 2 N–H and O–H groups in total. The van der Waals surface area contributed by atoms with Gasteiger partial charge in [0, 0.05) is 6.04 Å². The molecule has 0 radical (unpaired) electrons. The van der Waals surface area contributed by atoms with Crippen LogP contribution in [0.2, 0.25) is 5.15 Å². The molecule has 0 aliphatic heterocycles. The Labute approximate surface area is 330 Å². The van der Waals surface area contributed by atoms with Crippen molar-refractivity contribution >= 4 is 71.6 Å². The highest BCUT2D eigenvalue weighted by molar-refractivity contribution is 7.23. The van der Waals surface area contributed by atoms with E-state index in [1.807, 2.05) is 42.8 Å². The molecule has 15 heteroatoms. The zero-order valence-corrected chi connectivity index (χ0v) is 33.6. The molecule has 9 rings (SSSR count). The predicted octanol–water partition coefficient (Wildman–Crippen LogP) is 9.24. The second-order valence-electron chi connectivity index (χ2n) is 13.4. The van der Waals surface area contributed by atoms with Crippen LogP contribution in [-0.4, -0.2) is 74.9 Å². The normalized spacial score (nSPS) is 15.7. The lowest BCUT2D eigenvalue weighted by molar-refractivity contribution is 0.126. The molecule has 1 saturated carbocycles.